The third-order valence-electron chi connectivity index (χ3n) is 4.24. The summed E-state index contributed by atoms with van der Waals surface area (Å²) >= 11 is 5.73. The van der Waals surface area contributed by atoms with Crippen molar-refractivity contribution in [1.82, 2.24) is 14.9 Å². The highest BCUT2D eigenvalue weighted by Crippen LogP contribution is 2.24. The molecule has 1 aliphatic rings. The van der Waals surface area contributed by atoms with Crippen molar-refractivity contribution in [2.75, 3.05) is 19.7 Å². The zero-order chi connectivity index (χ0) is 18.5. The highest BCUT2D eigenvalue weighted by molar-refractivity contribution is 6.30. The van der Waals surface area contributed by atoms with Crippen molar-refractivity contribution < 1.29 is 13.9 Å². The molecule has 0 radical (unpaired) electrons. The maximum Gasteiger partial charge on any atom is 0.321 e. The van der Waals surface area contributed by atoms with Crippen molar-refractivity contribution in [1.29, 1.82) is 0 Å². The molecule has 0 N–H and O–H groups in total. The summed E-state index contributed by atoms with van der Waals surface area (Å²) < 4.78 is 24.9. The Morgan fingerprint density at radius 2 is 2.19 bits per heavy atom. The van der Waals surface area contributed by atoms with Gasteiger partial charge >= 0.3 is 6.01 Å². The average molecular weight is 378 g/mol. The molecule has 0 saturated carbocycles. The molecule has 1 aliphatic heterocycles. The van der Waals surface area contributed by atoms with Gasteiger partial charge in [0.2, 0.25) is 0 Å². The van der Waals surface area contributed by atoms with Crippen LogP contribution < -0.4 is 4.74 Å². The van der Waals surface area contributed by atoms with Crippen LogP contribution in [0.5, 0.6) is 11.8 Å². The number of hydrogen-bond donors (Lipinski definition) is 0. The van der Waals surface area contributed by atoms with Gasteiger partial charge in [-0.05, 0) is 30.2 Å². The maximum absolute atomic E-state index is 13.8. The smallest absolute Gasteiger partial charge is 0.321 e. The fraction of sp³-hybridized carbons (Fsp3) is 0.368. The summed E-state index contributed by atoms with van der Waals surface area (Å²) in [7, 11) is 0. The largest absolute Gasteiger partial charge is 0.421 e. The summed E-state index contributed by atoms with van der Waals surface area (Å²) in [5.41, 5.74) is 2.07. The van der Waals surface area contributed by atoms with E-state index < -0.39 is 5.82 Å². The Balaban J connectivity index is 1.60. The minimum absolute atomic E-state index is 0.0382. The normalized spacial score (nSPS) is 17.9. The zero-order valence-electron chi connectivity index (χ0n) is 14.6. The molecule has 0 aliphatic carbocycles. The molecule has 7 heteroatoms. The van der Waals surface area contributed by atoms with Crippen LogP contribution >= 0.6 is 11.6 Å². The first-order valence-electron chi connectivity index (χ1n) is 8.50. The SMILES string of the molecule is C=C(CC)[C@@H]1CN(Cc2cnc(Oc3ccc(Cl)cc3F)nc2)CCO1. The summed E-state index contributed by atoms with van der Waals surface area (Å²) in [5.74, 6) is -0.517. The number of ether oxygens (including phenoxy) is 2. The van der Waals surface area contributed by atoms with Crippen molar-refractivity contribution in [2.45, 2.75) is 26.0 Å². The Morgan fingerprint density at radius 1 is 1.42 bits per heavy atom. The molecule has 2 heterocycles. The van der Waals surface area contributed by atoms with Gasteiger partial charge in [-0.2, -0.15) is 0 Å². The molecule has 0 unspecified atom stereocenters. The van der Waals surface area contributed by atoms with Gasteiger partial charge in [0.25, 0.3) is 0 Å². The Bertz CT molecular complexity index is 770. The van der Waals surface area contributed by atoms with Crippen molar-refractivity contribution in [3.63, 3.8) is 0 Å². The molecule has 3 rings (SSSR count). The van der Waals surface area contributed by atoms with E-state index in [1.54, 1.807) is 18.5 Å². The van der Waals surface area contributed by atoms with Gasteiger partial charge in [-0.25, -0.2) is 14.4 Å². The number of benzene rings is 1. The van der Waals surface area contributed by atoms with Crippen LogP contribution in [-0.2, 0) is 11.3 Å². The summed E-state index contributed by atoms with van der Waals surface area (Å²) in [5, 5.41) is 0.306. The first-order valence-corrected chi connectivity index (χ1v) is 8.88. The van der Waals surface area contributed by atoms with Crippen molar-refractivity contribution in [3.8, 4) is 11.8 Å². The molecule has 5 nitrogen and oxygen atoms in total. The molecular weight excluding hydrogens is 357 g/mol. The third kappa shape index (κ3) is 4.78. The summed E-state index contributed by atoms with van der Waals surface area (Å²) in [6.45, 7) is 9.21. The summed E-state index contributed by atoms with van der Waals surface area (Å²) in [4.78, 5) is 10.6. The molecular formula is C19H21ClFN3O2. The van der Waals surface area contributed by atoms with Crippen LogP contribution in [-0.4, -0.2) is 40.7 Å². The Morgan fingerprint density at radius 3 is 2.88 bits per heavy atom. The minimum atomic E-state index is -0.555. The monoisotopic (exact) mass is 377 g/mol. The van der Waals surface area contributed by atoms with Crippen molar-refractivity contribution >= 4 is 11.6 Å². The average Bonchev–Trinajstić information content (AvgIpc) is 2.65. The molecule has 1 fully saturated rings. The van der Waals surface area contributed by atoms with E-state index in [4.69, 9.17) is 21.1 Å². The van der Waals surface area contributed by atoms with Gasteiger partial charge in [-0.1, -0.05) is 25.1 Å². The van der Waals surface area contributed by atoms with Crippen LogP contribution in [0.4, 0.5) is 4.39 Å². The van der Waals surface area contributed by atoms with E-state index in [1.165, 1.54) is 12.1 Å². The first kappa shape index (κ1) is 18.8. The number of hydrogen-bond acceptors (Lipinski definition) is 5. The topological polar surface area (TPSA) is 47.5 Å². The first-order chi connectivity index (χ1) is 12.5. The number of morpholine rings is 1. The van der Waals surface area contributed by atoms with Crippen LogP contribution in [0.3, 0.4) is 0 Å². The molecule has 138 valence electrons. The van der Waals surface area contributed by atoms with Crippen molar-refractivity contribution in [3.05, 3.63) is 59.1 Å². The second-order valence-electron chi connectivity index (χ2n) is 6.16. The van der Waals surface area contributed by atoms with E-state index in [1.807, 2.05) is 0 Å². The number of halogens is 2. The molecule has 0 amide bonds. The predicted octanol–water partition coefficient (Wildman–Crippen LogP) is 4.23. The Hall–Kier alpha value is -2.02. The van der Waals surface area contributed by atoms with Crippen LogP contribution in [0.1, 0.15) is 18.9 Å². The fourth-order valence-corrected chi connectivity index (χ4v) is 2.87. The number of rotatable bonds is 6. The van der Waals surface area contributed by atoms with Crippen molar-refractivity contribution in [2.24, 2.45) is 0 Å². The Kier molecular flexibility index (Phi) is 6.19. The lowest BCUT2D eigenvalue weighted by Gasteiger charge is -2.33. The molecule has 0 bridgehead atoms. The van der Waals surface area contributed by atoms with Crippen LogP contribution in [0.25, 0.3) is 0 Å². The summed E-state index contributed by atoms with van der Waals surface area (Å²) in [6.07, 6.45) is 4.37. The fourth-order valence-electron chi connectivity index (χ4n) is 2.71. The maximum atomic E-state index is 13.8. The van der Waals surface area contributed by atoms with Gasteiger partial charge in [0.1, 0.15) is 0 Å². The van der Waals surface area contributed by atoms with Gasteiger partial charge in [-0.3, -0.25) is 4.90 Å². The van der Waals surface area contributed by atoms with E-state index in [9.17, 15) is 4.39 Å². The molecule has 1 aromatic carbocycles. The molecule has 1 aromatic heterocycles. The van der Waals surface area contributed by atoms with E-state index in [-0.39, 0.29) is 17.9 Å². The molecule has 26 heavy (non-hydrogen) atoms. The molecule has 1 atom stereocenters. The quantitative estimate of drug-likeness (QED) is 0.705. The minimum Gasteiger partial charge on any atom is -0.421 e. The second-order valence-corrected chi connectivity index (χ2v) is 6.59. The van der Waals surface area contributed by atoms with E-state index in [2.05, 4.69) is 28.4 Å². The summed E-state index contributed by atoms with van der Waals surface area (Å²) in [6, 6.07) is 4.27. The van der Waals surface area contributed by atoms with Gasteiger partial charge in [0, 0.05) is 42.6 Å². The van der Waals surface area contributed by atoms with Gasteiger partial charge in [-0.15, -0.1) is 0 Å². The molecule has 1 saturated heterocycles. The van der Waals surface area contributed by atoms with E-state index in [0.717, 1.165) is 30.6 Å². The number of nitrogens with zero attached hydrogens (tertiary/aromatic N) is 3. The highest BCUT2D eigenvalue weighted by atomic mass is 35.5. The highest BCUT2D eigenvalue weighted by Gasteiger charge is 2.22. The lowest BCUT2D eigenvalue weighted by molar-refractivity contribution is -0.0133. The second kappa shape index (κ2) is 8.58. The third-order valence-corrected chi connectivity index (χ3v) is 4.48. The predicted molar refractivity (Wildman–Crippen MR) is 98.0 cm³/mol. The van der Waals surface area contributed by atoms with E-state index in [0.29, 0.717) is 18.2 Å². The molecule has 2 aromatic rings. The van der Waals surface area contributed by atoms with Crippen LogP contribution in [0, 0.1) is 5.82 Å². The lowest BCUT2D eigenvalue weighted by atomic mass is 10.1. The molecule has 0 spiro atoms. The number of aromatic nitrogens is 2. The zero-order valence-corrected chi connectivity index (χ0v) is 15.4. The van der Waals surface area contributed by atoms with Gasteiger partial charge in [0.05, 0.1) is 12.7 Å². The van der Waals surface area contributed by atoms with Gasteiger partial charge < -0.3 is 9.47 Å². The Labute approximate surface area is 157 Å². The van der Waals surface area contributed by atoms with Gasteiger partial charge in [0.15, 0.2) is 11.6 Å². The standard InChI is InChI=1S/C19H21ClFN3O2/c1-3-13(2)18-12-24(6-7-25-18)11-14-9-22-19(23-10-14)26-17-5-4-15(20)8-16(17)21/h4-5,8-10,18H,2-3,6-7,11-12H2,1H3/t18-/m0/s1. The lowest BCUT2D eigenvalue weighted by Crippen LogP contribution is -2.42. The van der Waals surface area contributed by atoms with Crippen LogP contribution in [0.2, 0.25) is 5.02 Å². The van der Waals surface area contributed by atoms with E-state index >= 15 is 0 Å². The van der Waals surface area contributed by atoms with Crippen LogP contribution in [0.15, 0.2) is 42.7 Å².